The first-order valence-electron chi connectivity index (χ1n) is 12.6. The SMILES string of the molecule is CCOc1cccc(N2C(=O)C(=O)/C(=C(/O)c3cc(C)cc(C)c3OC)C2c2ccc(OC(C)C)cc2)c1. The fourth-order valence-electron chi connectivity index (χ4n) is 4.85. The number of Topliss-reactive ketones (excluding diaryl/α,β-unsaturated/α-hetero) is 1. The Bertz CT molecular complexity index is 1390. The molecule has 198 valence electrons. The highest BCUT2D eigenvalue weighted by Gasteiger charge is 2.47. The maximum Gasteiger partial charge on any atom is 0.300 e. The zero-order chi connectivity index (χ0) is 27.6. The molecular formula is C31H33NO6. The second-order valence-corrected chi connectivity index (χ2v) is 9.50. The topological polar surface area (TPSA) is 85.3 Å². The maximum atomic E-state index is 13.6. The number of hydrogen-bond acceptors (Lipinski definition) is 6. The van der Waals surface area contributed by atoms with Gasteiger partial charge in [0.25, 0.3) is 11.7 Å². The van der Waals surface area contributed by atoms with Crippen LogP contribution >= 0.6 is 0 Å². The van der Waals surface area contributed by atoms with E-state index in [1.54, 1.807) is 54.6 Å². The Morgan fingerprint density at radius 3 is 2.34 bits per heavy atom. The van der Waals surface area contributed by atoms with Gasteiger partial charge in [0.1, 0.15) is 23.0 Å². The molecule has 0 bridgehead atoms. The lowest BCUT2D eigenvalue weighted by atomic mass is 9.93. The third-order valence-electron chi connectivity index (χ3n) is 6.30. The van der Waals surface area contributed by atoms with Gasteiger partial charge in [-0.3, -0.25) is 14.5 Å². The van der Waals surface area contributed by atoms with E-state index in [0.717, 1.165) is 11.1 Å². The van der Waals surface area contributed by atoms with Crippen LogP contribution in [-0.2, 0) is 9.59 Å². The van der Waals surface area contributed by atoms with Crippen LogP contribution in [0.15, 0.2) is 66.2 Å². The number of methoxy groups -OCH3 is 1. The molecule has 7 nitrogen and oxygen atoms in total. The van der Waals surface area contributed by atoms with Crippen LogP contribution in [0, 0.1) is 13.8 Å². The van der Waals surface area contributed by atoms with Gasteiger partial charge in [-0.15, -0.1) is 0 Å². The van der Waals surface area contributed by atoms with Gasteiger partial charge in [0.15, 0.2) is 0 Å². The minimum Gasteiger partial charge on any atom is -0.507 e. The second kappa shape index (κ2) is 11.0. The summed E-state index contributed by atoms with van der Waals surface area (Å²) in [6.07, 6.45) is -0.00943. The van der Waals surface area contributed by atoms with Gasteiger partial charge >= 0.3 is 0 Å². The Morgan fingerprint density at radius 2 is 1.71 bits per heavy atom. The van der Waals surface area contributed by atoms with Gasteiger partial charge in [0.2, 0.25) is 0 Å². The van der Waals surface area contributed by atoms with Crippen molar-refractivity contribution in [1.82, 2.24) is 0 Å². The van der Waals surface area contributed by atoms with Crippen LogP contribution in [0.2, 0.25) is 0 Å². The largest absolute Gasteiger partial charge is 0.507 e. The van der Waals surface area contributed by atoms with E-state index in [4.69, 9.17) is 14.2 Å². The summed E-state index contributed by atoms with van der Waals surface area (Å²) in [4.78, 5) is 28.5. The molecule has 1 heterocycles. The van der Waals surface area contributed by atoms with Crippen molar-refractivity contribution in [1.29, 1.82) is 0 Å². The molecular weight excluding hydrogens is 482 g/mol. The molecule has 1 N–H and O–H groups in total. The number of nitrogens with zero attached hydrogens (tertiary/aromatic N) is 1. The highest BCUT2D eigenvalue weighted by atomic mass is 16.5. The minimum absolute atomic E-state index is 0.00943. The first-order valence-corrected chi connectivity index (χ1v) is 12.6. The Balaban J connectivity index is 1.95. The maximum absolute atomic E-state index is 13.6. The highest BCUT2D eigenvalue weighted by molar-refractivity contribution is 6.51. The van der Waals surface area contributed by atoms with Crippen LogP contribution in [0.4, 0.5) is 5.69 Å². The molecule has 4 rings (SSSR count). The molecule has 0 aliphatic carbocycles. The fraction of sp³-hybridized carbons (Fsp3) is 0.290. The summed E-state index contributed by atoms with van der Waals surface area (Å²) in [6.45, 7) is 9.96. The molecule has 0 aromatic heterocycles. The van der Waals surface area contributed by atoms with E-state index in [1.165, 1.54) is 12.0 Å². The van der Waals surface area contributed by atoms with Crippen LogP contribution in [0.5, 0.6) is 17.2 Å². The quantitative estimate of drug-likeness (QED) is 0.221. The van der Waals surface area contributed by atoms with Gasteiger partial charge in [-0.1, -0.05) is 24.3 Å². The number of amides is 1. The summed E-state index contributed by atoms with van der Waals surface area (Å²) in [7, 11) is 1.51. The molecule has 1 aliphatic rings. The number of carbonyl (C=O) groups excluding carboxylic acids is 2. The van der Waals surface area contributed by atoms with Gasteiger partial charge < -0.3 is 19.3 Å². The lowest BCUT2D eigenvalue weighted by Gasteiger charge is -2.26. The van der Waals surface area contributed by atoms with Crippen LogP contribution in [0.1, 0.15) is 49.1 Å². The fourth-order valence-corrected chi connectivity index (χ4v) is 4.85. The second-order valence-electron chi connectivity index (χ2n) is 9.50. The molecule has 1 unspecified atom stereocenters. The van der Waals surface area contributed by atoms with Crippen molar-refractivity contribution >= 4 is 23.1 Å². The number of hydrogen-bond donors (Lipinski definition) is 1. The Hall–Kier alpha value is -4.26. The molecule has 1 saturated heterocycles. The Kier molecular flexibility index (Phi) is 7.76. The number of aliphatic hydroxyl groups is 1. The molecule has 1 fully saturated rings. The average molecular weight is 516 g/mol. The van der Waals surface area contributed by atoms with E-state index in [0.29, 0.717) is 40.7 Å². The van der Waals surface area contributed by atoms with Crippen molar-refractivity contribution in [2.24, 2.45) is 0 Å². The number of aryl methyl sites for hydroxylation is 2. The van der Waals surface area contributed by atoms with Gasteiger partial charge in [-0.25, -0.2) is 0 Å². The summed E-state index contributed by atoms with van der Waals surface area (Å²) in [5, 5.41) is 11.6. The summed E-state index contributed by atoms with van der Waals surface area (Å²) in [5.41, 5.74) is 3.16. The number of rotatable bonds is 8. The zero-order valence-electron chi connectivity index (χ0n) is 22.6. The molecule has 3 aromatic carbocycles. The standard InChI is InChI=1S/C31H33NO6/c1-7-37-24-10-8-9-22(17-24)32-27(21-11-13-23(14-12-21)38-18(2)3)26(29(34)31(32)35)28(33)25-16-19(4)15-20(5)30(25)36-6/h8-18,27,33H,7H2,1-6H3/b28-26+. The average Bonchev–Trinajstić information content (AvgIpc) is 3.14. The van der Waals surface area contributed by atoms with Gasteiger partial charge in [0, 0.05) is 11.8 Å². The number of benzene rings is 3. The summed E-state index contributed by atoms with van der Waals surface area (Å²) < 4.78 is 17.0. The normalized spacial score (nSPS) is 16.7. The predicted octanol–water partition coefficient (Wildman–Crippen LogP) is 6.12. The molecule has 1 aliphatic heterocycles. The molecule has 0 saturated carbocycles. The van der Waals surface area contributed by atoms with E-state index in [2.05, 4.69) is 0 Å². The molecule has 1 amide bonds. The highest BCUT2D eigenvalue weighted by Crippen LogP contribution is 2.44. The summed E-state index contributed by atoms with van der Waals surface area (Å²) >= 11 is 0. The lowest BCUT2D eigenvalue weighted by Crippen LogP contribution is -2.29. The third kappa shape index (κ3) is 5.09. The third-order valence-corrected chi connectivity index (χ3v) is 6.30. The van der Waals surface area contributed by atoms with Gasteiger partial charge in [-0.2, -0.15) is 0 Å². The van der Waals surface area contributed by atoms with Gasteiger partial charge in [-0.05, 0) is 81.6 Å². The lowest BCUT2D eigenvalue weighted by molar-refractivity contribution is -0.132. The van der Waals surface area contributed by atoms with E-state index in [1.807, 2.05) is 40.7 Å². The van der Waals surface area contributed by atoms with Crippen molar-refractivity contribution in [3.8, 4) is 17.2 Å². The number of aliphatic hydroxyl groups excluding tert-OH is 1. The molecule has 3 aromatic rings. The summed E-state index contributed by atoms with van der Waals surface area (Å²) in [5.74, 6) is -0.133. The van der Waals surface area contributed by atoms with Crippen LogP contribution < -0.4 is 19.1 Å². The first kappa shape index (κ1) is 26.8. The zero-order valence-corrected chi connectivity index (χ0v) is 22.6. The molecule has 7 heteroatoms. The van der Waals surface area contributed by atoms with E-state index in [-0.39, 0.29) is 17.4 Å². The summed E-state index contributed by atoms with van der Waals surface area (Å²) in [6, 6.07) is 17.0. The molecule has 38 heavy (non-hydrogen) atoms. The molecule has 0 radical (unpaired) electrons. The monoisotopic (exact) mass is 515 g/mol. The van der Waals surface area contributed by atoms with Crippen molar-refractivity contribution in [2.45, 2.75) is 46.8 Å². The number of ether oxygens (including phenoxy) is 3. The Labute approximate surface area is 223 Å². The van der Waals surface area contributed by atoms with Crippen LogP contribution in [-0.4, -0.2) is 36.6 Å². The van der Waals surface area contributed by atoms with Crippen molar-refractivity contribution in [2.75, 3.05) is 18.6 Å². The van der Waals surface area contributed by atoms with E-state index in [9.17, 15) is 14.7 Å². The van der Waals surface area contributed by atoms with Crippen molar-refractivity contribution in [3.63, 3.8) is 0 Å². The predicted molar refractivity (Wildman–Crippen MR) is 147 cm³/mol. The Morgan fingerprint density at radius 1 is 1.00 bits per heavy atom. The van der Waals surface area contributed by atoms with Gasteiger partial charge in [0.05, 0.1) is 37.0 Å². The van der Waals surface area contributed by atoms with Crippen molar-refractivity contribution in [3.05, 3.63) is 88.5 Å². The van der Waals surface area contributed by atoms with E-state index < -0.39 is 17.7 Å². The smallest absolute Gasteiger partial charge is 0.300 e. The number of carbonyl (C=O) groups is 2. The molecule has 0 spiro atoms. The number of anilines is 1. The van der Waals surface area contributed by atoms with Crippen LogP contribution in [0.25, 0.3) is 5.76 Å². The number of ketones is 1. The first-order chi connectivity index (χ1) is 18.2. The van der Waals surface area contributed by atoms with Crippen LogP contribution in [0.3, 0.4) is 0 Å². The van der Waals surface area contributed by atoms with Crippen molar-refractivity contribution < 1.29 is 28.9 Å². The molecule has 1 atom stereocenters. The minimum atomic E-state index is -0.884. The van der Waals surface area contributed by atoms with E-state index >= 15 is 0 Å².